The summed E-state index contributed by atoms with van der Waals surface area (Å²) in [5.74, 6) is -0.247. The second-order valence-corrected chi connectivity index (χ2v) is 7.39. The maximum absolute atomic E-state index is 12.8. The average Bonchev–Trinajstić information content (AvgIpc) is 3.23. The first-order valence-corrected chi connectivity index (χ1v) is 9.97. The molecule has 2 amide bonds. The third-order valence-electron chi connectivity index (χ3n) is 4.89. The standard InChI is InChI=1S/C19H22N4O4S/c1-14-16(3-2-4-17(14)23(26)27)19(25)22-10-8-21(9-11-22)7-6-20-18(24)15-5-12-28-13-15/h2-5,12-13H,6-11H2,1H3,(H,20,24). The van der Waals surface area contributed by atoms with Gasteiger partial charge in [-0.3, -0.25) is 24.6 Å². The minimum atomic E-state index is -0.464. The zero-order chi connectivity index (χ0) is 20.1. The summed E-state index contributed by atoms with van der Waals surface area (Å²) in [5, 5.41) is 17.7. The number of thiophene rings is 1. The Morgan fingerprint density at radius 2 is 1.96 bits per heavy atom. The molecule has 1 aliphatic heterocycles. The molecule has 1 aromatic carbocycles. The summed E-state index contributed by atoms with van der Waals surface area (Å²) in [5.41, 5.74) is 1.42. The van der Waals surface area contributed by atoms with Crippen LogP contribution in [0.1, 0.15) is 26.3 Å². The quantitative estimate of drug-likeness (QED) is 0.590. The van der Waals surface area contributed by atoms with Crippen LogP contribution in [0.3, 0.4) is 0 Å². The highest BCUT2D eigenvalue weighted by atomic mass is 32.1. The van der Waals surface area contributed by atoms with E-state index in [0.29, 0.717) is 56.0 Å². The largest absolute Gasteiger partial charge is 0.351 e. The maximum atomic E-state index is 12.8. The summed E-state index contributed by atoms with van der Waals surface area (Å²) < 4.78 is 0. The van der Waals surface area contributed by atoms with Crippen molar-refractivity contribution in [2.45, 2.75) is 6.92 Å². The molecule has 0 atom stereocenters. The number of hydrogen-bond donors (Lipinski definition) is 1. The van der Waals surface area contributed by atoms with E-state index in [1.807, 2.05) is 10.8 Å². The van der Waals surface area contributed by atoms with Gasteiger partial charge in [0.05, 0.1) is 4.92 Å². The third-order valence-corrected chi connectivity index (χ3v) is 5.57. The molecule has 3 rings (SSSR count). The topological polar surface area (TPSA) is 95.8 Å². The summed E-state index contributed by atoms with van der Waals surface area (Å²) >= 11 is 1.49. The van der Waals surface area contributed by atoms with Crippen molar-refractivity contribution < 1.29 is 14.5 Å². The Kier molecular flexibility index (Phi) is 6.37. The SMILES string of the molecule is Cc1c(C(=O)N2CCN(CCNC(=O)c3ccsc3)CC2)cccc1[N+](=O)[O-]. The minimum Gasteiger partial charge on any atom is -0.351 e. The molecule has 1 saturated heterocycles. The third kappa shape index (κ3) is 4.55. The van der Waals surface area contributed by atoms with E-state index < -0.39 is 4.92 Å². The van der Waals surface area contributed by atoms with Gasteiger partial charge in [0, 0.05) is 67.4 Å². The molecule has 2 heterocycles. The van der Waals surface area contributed by atoms with Crippen LogP contribution in [0.25, 0.3) is 0 Å². The first-order chi connectivity index (χ1) is 13.5. The second kappa shape index (κ2) is 8.94. The lowest BCUT2D eigenvalue weighted by molar-refractivity contribution is -0.385. The Balaban J connectivity index is 1.49. The summed E-state index contributed by atoms with van der Waals surface area (Å²) in [4.78, 5) is 39.2. The Bertz CT molecular complexity index is 861. The van der Waals surface area contributed by atoms with E-state index in [9.17, 15) is 19.7 Å². The monoisotopic (exact) mass is 402 g/mol. The molecule has 0 radical (unpaired) electrons. The molecule has 1 N–H and O–H groups in total. The Morgan fingerprint density at radius 3 is 2.61 bits per heavy atom. The fourth-order valence-corrected chi connectivity index (χ4v) is 3.86. The number of rotatable bonds is 6. The number of nitro groups is 1. The highest BCUT2D eigenvalue weighted by Gasteiger charge is 2.25. The Hall–Kier alpha value is -2.78. The van der Waals surface area contributed by atoms with Crippen LogP contribution in [0.15, 0.2) is 35.0 Å². The van der Waals surface area contributed by atoms with Crippen LogP contribution < -0.4 is 5.32 Å². The molecule has 9 heteroatoms. The van der Waals surface area contributed by atoms with Crippen LogP contribution in [-0.4, -0.2) is 65.8 Å². The number of nitrogens with one attached hydrogen (secondary N) is 1. The number of carbonyl (C=O) groups excluding carboxylic acids is 2. The Morgan fingerprint density at radius 1 is 1.21 bits per heavy atom. The number of amides is 2. The predicted octanol–water partition coefficient (Wildman–Crippen LogP) is 2.15. The van der Waals surface area contributed by atoms with Gasteiger partial charge in [0.25, 0.3) is 17.5 Å². The zero-order valence-corrected chi connectivity index (χ0v) is 16.4. The number of piperazine rings is 1. The summed E-state index contributed by atoms with van der Waals surface area (Å²) in [6.45, 7) is 5.39. The molecule has 0 saturated carbocycles. The van der Waals surface area contributed by atoms with Gasteiger partial charge in [-0.25, -0.2) is 0 Å². The van der Waals surface area contributed by atoms with E-state index in [1.165, 1.54) is 17.4 Å². The number of nitrogens with zero attached hydrogens (tertiary/aromatic N) is 3. The molecule has 1 fully saturated rings. The molecule has 8 nitrogen and oxygen atoms in total. The van der Waals surface area contributed by atoms with Gasteiger partial charge in [0.15, 0.2) is 0 Å². The maximum Gasteiger partial charge on any atom is 0.273 e. The van der Waals surface area contributed by atoms with Crippen molar-refractivity contribution in [3.8, 4) is 0 Å². The van der Waals surface area contributed by atoms with E-state index in [4.69, 9.17) is 0 Å². The van der Waals surface area contributed by atoms with Gasteiger partial charge in [0.1, 0.15) is 0 Å². The van der Waals surface area contributed by atoms with Gasteiger partial charge in [-0.1, -0.05) is 6.07 Å². The van der Waals surface area contributed by atoms with Crippen molar-refractivity contribution >= 4 is 28.8 Å². The lowest BCUT2D eigenvalue weighted by atomic mass is 10.1. The van der Waals surface area contributed by atoms with Crippen LogP contribution >= 0.6 is 11.3 Å². The lowest BCUT2D eigenvalue weighted by Crippen LogP contribution is -2.50. The van der Waals surface area contributed by atoms with E-state index >= 15 is 0 Å². The van der Waals surface area contributed by atoms with Crippen molar-refractivity contribution in [3.63, 3.8) is 0 Å². The molecule has 0 unspecified atom stereocenters. The van der Waals surface area contributed by atoms with Crippen molar-refractivity contribution in [2.24, 2.45) is 0 Å². The van der Waals surface area contributed by atoms with Gasteiger partial charge in [-0.2, -0.15) is 11.3 Å². The summed E-state index contributed by atoms with van der Waals surface area (Å²) in [6, 6.07) is 6.39. The molecule has 1 aliphatic rings. The number of carbonyl (C=O) groups is 2. The number of nitro benzene ring substituents is 1. The van der Waals surface area contributed by atoms with E-state index in [-0.39, 0.29) is 17.5 Å². The van der Waals surface area contributed by atoms with E-state index in [1.54, 1.807) is 30.0 Å². The van der Waals surface area contributed by atoms with Gasteiger partial charge in [-0.05, 0) is 24.4 Å². The molecule has 0 bridgehead atoms. The van der Waals surface area contributed by atoms with Crippen molar-refractivity contribution in [1.82, 2.24) is 15.1 Å². The fourth-order valence-electron chi connectivity index (χ4n) is 3.22. The van der Waals surface area contributed by atoms with Crippen LogP contribution in [0.2, 0.25) is 0 Å². The van der Waals surface area contributed by atoms with Gasteiger partial charge < -0.3 is 10.2 Å². The zero-order valence-electron chi connectivity index (χ0n) is 15.6. The molecular weight excluding hydrogens is 380 g/mol. The Labute approximate surface area is 166 Å². The first-order valence-electron chi connectivity index (χ1n) is 9.03. The summed E-state index contributed by atoms with van der Waals surface area (Å²) in [7, 11) is 0. The van der Waals surface area contributed by atoms with Crippen LogP contribution in [0.5, 0.6) is 0 Å². The van der Waals surface area contributed by atoms with E-state index in [0.717, 1.165) is 0 Å². The lowest BCUT2D eigenvalue weighted by Gasteiger charge is -2.35. The van der Waals surface area contributed by atoms with Crippen LogP contribution in [-0.2, 0) is 0 Å². The van der Waals surface area contributed by atoms with Crippen molar-refractivity contribution in [2.75, 3.05) is 39.3 Å². The van der Waals surface area contributed by atoms with Gasteiger partial charge >= 0.3 is 0 Å². The smallest absolute Gasteiger partial charge is 0.273 e. The predicted molar refractivity (Wildman–Crippen MR) is 107 cm³/mol. The van der Waals surface area contributed by atoms with Crippen molar-refractivity contribution in [1.29, 1.82) is 0 Å². The fraction of sp³-hybridized carbons (Fsp3) is 0.368. The molecule has 28 heavy (non-hydrogen) atoms. The van der Waals surface area contributed by atoms with Crippen LogP contribution in [0.4, 0.5) is 5.69 Å². The molecular formula is C19H22N4O4S. The molecule has 0 spiro atoms. The minimum absolute atomic E-state index is 0.0363. The van der Waals surface area contributed by atoms with Crippen LogP contribution in [0, 0.1) is 17.0 Å². The normalized spacial score (nSPS) is 14.7. The first kappa shape index (κ1) is 20.0. The van der Waals surface area contributed by atoms with E-state index in [2.05, 4.69) is 10.2 Å². The van der Waals surface area contributed by atoms with Gasteiger partial charge in [0.2, 0.25) is 0 Å². The van der Waals surface area contributed by atoms with Gasteiger partial charge in [-0.15, -0.1) is 0 Å². The molecule has 0 aliphatic carbocycles. The summed E-state index contributed by atoms with van der Waals surface area (Å²) in [6.07, 6.45) is 0. The highest BCUT2D eigenvalue weighted by Crippen LogP contribution is 2.22. The van der Waals surface area contributed by atoms with Crippen molar-refractivity contribution in [3.05, 3.63) is 61.8 Å². The highest BCUT2D eigenvalue weighted by molar-refractivity contribution is 7.08. The number of hydrogen-bond acceptors (Lipinski definition) is 6. The molecule has 1 aromatic heterocycles. The second-order valence-electron chi connectivity index (χ2n) is 6.61. The molecule has 148 valence electrons. The number of benzene rings is 1. The molecule has 2 aromatic rings. The average molecular weight is 402 g/mol.